The molecule has 0 bridgehead atoms. The zero-order chi connectivity index (χ0) is 31.7. The maximum atomic E-state index is 2.48. The van der Waals surface area contributed by atoms with Gasteiger partial charge in [0.25, 0.3) is 0 Å². The molecule has 0 radical (unpaired) electrons. The average molecular weight is 631 g/mol. The van der Waals surface area contributed by atoms with Crippen LogP contribution in [0, 0.1) is 0 Å². The van der Waals surface area contributed by atoms with Gasteiger partial charge in [0.15, 0.2) is 0 Å². The molecule has 0 amide bonds. The smallest absolute Gasteiger partial charge is 0.0555 e. The normalized spacial score (nSPS) is 13.8. The monoisotopic (exact) mass is 630 g/mol. The van der Waals surface area contributed by atoms with E-state index in [-0.39, 0.29) is 5.41 Å². The zero-order valence-corrected chi connectivity index (χ0v) is 27.5. The van der Waals surface area contributed by atoms with Gasteiger partial charge in [-0.1, -0.05) is 98.8 Å². The van der Waals surface area contributed by atoms with Crippen molar-refractivity contribution in [1.82, 2.24) is 9.13 Å². The van der Waals surface area contributed by atoms with Crippen LogP contribution in [-0.4, -0.2) is 9.13 Å². The topological polar surface area (TPSA) is 9.86 Å². The number of hydrogen-bond acceptors (Lipinski definition) is 1. The number of hydrogen-bond donors (Lipinski definition) is 0. The third-order valence-corrected chi connectivity index (χ3v) is 12.0. The maximum absolute atomic E-state index is 2.48. The summed E-state index contributed by atoms with van der Waals surface area (Å²) in [6.45, 7) is 4.79. The van der Waals surface area contributed by atoms with Crippen molar-refractivity contribution in [3.8, 4) is 22.5 Å². The molecule has 7 aromatic carbocycles. The van der Waals surface area contributed by atoms with Gasteiger partial charge in [-0.05, 0) is 82.9 Å². The van der Waals surface area contributed by atoms with Crippen LogP contribution in [0.15, 0.2) is 146 Å². The van der Waals surface area contributed by atoms with Crippen molar-refractivity contribution in [1.29, 1.82) is 0 Å². The van der Waals surface area contributed by atoms with E-state index in [0.29, 0.717) is 0 Å². The Morgan fingerprint density at radius 3 is 1.46 bits per heavy atom. The Morgan fingerprint density at radius 2 is 0.875 bits per heavy atom. The van der Waals surface area contributed by atoms with Crippen LogP contribution in [0.2, 0.25) is 0 Å². The van der Waals surface area contributed by atoms with Gasteiger partial charge in [-0.25, -0.2) is 0 Å². The number of para-hydroxylation sites is 3. The van der Waals surface area contributed by atoms with Crippen molar-refractivity contribution in [2.24, 2.45) is 0 Å². The molecule has 3 aromatic heterocycles. The van der Waals surface area contributed by atoms with E-state index in [1.54, 1.807) is 0 Å². The highest BCUT2D eigenvalue weighted by Gasteiger charge is 2.36. The minimum atomic E-state index is -0.160. The fourth-order valence-corrected chi connectivity index (χ4v) is 9.78. The molecule has 10 aromatic rings. The molecule has 3 heterocycles. The van der Waals surface area contributed by atoms with E-state index in [1.807, 2.05) is 11.3 Å². The fraction of sp³-hybridized carbons (Fsp3) is 0.0667. The number of aromatic nitrogens is 2. The predicted molar refractivity (Wildman–Crippen MR) is 206 cm³/mol. The number of fused-ring (bicyclic) bond motifs is 12. The van der Waals surface area contributed by atoms with Gasteiger partial charge < -0.3 is 9.13 Å². The van der Waals surface area contributed by atoms with E-state index < -0.39 is 0 Å². The SMILES string of the molecule is CC1(C)c2cc(-n3c4ccccc4c4ccccc43)ccc2-c2ccc(-n3c4ccccc4c4cc5c(cc43)sc3ccccc35)cc21. The highest BCUT2D eigenvalue weighted by atomic mass is 32.1. The minimum Gasteiger partial charge on any atom is -0.309 e. The molecule has 0 saturated heterocycles. The third kappa shape index (κ3) is 3.36. The summed E-state index contributed by atoms with van der Waals surface area (Å²) in [5, 5.41) is 7.87. The zero-order valence-electron chi connectivity index (χ0n) is 26.7. The summed E-state index contributed by atoms with van der Waals surface area (Å²) >= 11 is 1.89. The van der Waals surface area contributed by atoms with Crippen molar-refractivity contribution in [3.05, 3.63) is 157 Å². The van der Waals surface area contributed by atoms with Gasteiger partial charge in [0, 0.05) is 58.5 Å². The van der Waals surface area contributed by atoms with Crippen LogP contribution < -0.4 is 0 Å². The maximum Gasteiger partial charge on any atom is 0.0555 e. The Morgan fingerprint density at radius 1 is 0.396 bits per heavy atom. The highest BCUT2D eigenvalue weighted by Crippen LogP contribution is 2.51. The Labute approximate surface area is 281 Å². The van der Waals surface area contributed by atoms with E-state index in [9.17, 15) is 0 Å². The first-order valence-corrected chi connectivity index (χ1v) is 17.5. The minimum absolute atomic E-state index is 0.160. The number of benzene rings is 7. The van der Waals surface area contributed by atoms with Crippen LogP contribution in [0.25, 0.3) is 86.3 Å². The van der Waals surface area contributed by atoms with E-state index in [0.717, 1.165) is 0 Å². The van der Waals surface area contributed by atoms with Gasteiger partial charge in [-0.3, -0.25) is 0 Å². The van der Waals surface area contributed by atoms with Gasteiger partial charge in [0.05, 0.1) is 22.1 Å². The lowest BCUT2D eigenvalue weighted by atomic mass is 9.82. The molecule has 1 aliphatic rings. The summed E-state index contributed by atoms with van der Waals surface area (Å²) in [5.41, 5.74) is 12.7. The van der Waals surface area contributed by atoms with Crippen LogP contribution in [0.3, 0.4) is 0 Å². The average Bonchev–Trinajstić information content (AvgIpc) is 3.82. The van der Waals surface area contributed by atoms with Crippen molar-refractivity contribution >= 4 is 75.1 Å². The second-order valence-electron chi connectivity index (χ2n) is 13.8. The number of nitrogens with zero attached hydrogens (tertiary/aromatic N) is 2. The van der Waals surface area contributed by atoms with Crippen molar-refractivity contribution in [2.45, 2.75) is 19.3 Å². The quantitative estimate of drug-likeness (QED) is 0.180. The second kappa shape index (κ2) is 9.25. The van der Waals surface area contributed by atoms with Gasteiger partial charge in [-0.15, -0.1) is 11.3 Å². The van der Waals surface area contributed by atoms with Crippen LogP contribution in [0.5, 0.6) is 0 Å². The lowest BCUT2D eigenvalue weighted by molar-refractivity contribution is 0.659. The summed E-state index contributed by atoms with van der Waals surface area (Å²) in [4.78, 5) is 0. The Balaban J connectivity index is 1.11. The molecule has 3 heteroatoms. The Kier molecular flexibility index (Phi) is 5.09. The lowest BCUT2D eigenvalue weighted by Gasteiger charge is -2.23. The molecule has 2 nitrogen and oxygen atoms in total. The van der Waals surface area contributed by atoms with Crippen molar-refractivity contribution in [2.75, 3.05) is 0 Å². The first kappa shape index (κ1) is 26.4. The molecule has 1 aliphatic carbocycles. The first-order chi connectivity index (χ1) is 23.6. The molecule has 0 N–H and O–H groups in total. The summed E-state index contributed by atoms with van der Waals surface area (Å²) in [6, 6.07) is 54.3. The van der Waals surface area contributed by atoms with Gasteiger partial charge in [0.2, 0.25) is 0 Å². The van der Waals surface area contributed by atoms with Gasteiger partial charge in [-0.2, -0.15) is 0 Å². The molecule has 0 fully saturated rings. The lowest BCUT2D eigenvalue weighted by Crippen LogP contribution is -2.16. The summed E-state index contributed by atoms with van der Waals surface area (Å²) in [5.74, 6) is 0. The van der Waals surface area contributed by atoms with Crippen molar-refractivity contribution in [3.63, 3.8) is 0 Å². The molecule has 0 aliphatic heterocycles. The molecule has 0 saturated carbocycles. The number of thiophene rings is 1. The molecule has 48 heavy (non-hydrogen) atoms. The van der Waals surface area contributed by atoms with Crippen LogP contribution in [0.1, 0.15) is 25.0 Å². The van der Waals surface area contributed by atoms with Gasteiger partial charge in [0.1, 0.15) is 0 Å². The van der Waals surface area contributed by atoms with Crippen molar-refractivity contribution < 1.29 is 0 Å². The van der Waals surface area contributed by atoms with Crippen LogP contribution in [-0.2, 0) is 5.41 Å². The fourth-order valence-electron chi connectivity index (χ4n) is 8.66. The molecule has 226 valence electrons. The Hall–Kier alpha value is -5.64. The van der Waals surface area contributed by atoms with E-state index in [1.165, 1.54) is 97.4 Å². The predicted octanol–water partition coefficient (Wildman–Crippen LogP) is 12.6. The molecule has 0 atom stereocenters. The molecule has 0 spiro atoms. The molecule has 11 rings (SSSR count). The molecule has 0 unspecified atom stereocenters. The largest absolute Gasteiger partial charge is 0.309 e. The summed E-state index contributed by atoms with van der Waals surface area (Å²) in [6.07, 6.45) is 0. The van der Waals surface area contributed by atoms with Crippen LogP contribution in [0.4, 0.5) is 0 Å². The van der Waals surface area contributed by atoms with E-state index in [2.05, 4.69) is 169 Å². The van der Waals surface area contributed by atoms with E-state index in [4.69, 9.17) is 0 Å². The molecular weight excluding hydrogens is 601 g/mol. The second-order valence-corrected chi connectivity index (χ2v) is 14.9. The van der Waals surface area contributed by atoms with Gasteiger partial charge >= 0.3 is 0 Å². The number of rotatable bonds is 2. The Bertz CT molecular complexity index is 2930. The summed E-state index contributed by atoms with van der Waals surface area (Å²) < 4.78 is 7.59. The van der Waals surface area contributed by atoms with Crippen LogP contribution >= 0.6 is 11.3 Å². The molecular formula is C45H30N2S. The standard InChI is InChI=1S/C45H30N2S/c1-45(2)37-23-27(46-39-15-7-3-11-31(39)32-12-4-8-16-40(32)46)19-21-29(37)30-22-20-28(24-38(30)45)47-41-17-9-5-13-33(41)35-25-36-34-14-6-10-18-43(34)48-44(36)26-42(35)47/h3-26H,1-2H3. The third-order valence-electron chi connectivity index (χ3n) is 10.9. The highest BCUT2D eigenvalue weighted by molar-refractivity contribution is 7.25. The van der Waals surface area contributed by atoms with E-state index >= 15 is 0 Å². The first-order valence-electron chi connectivity index (χ1n) is 16.7. The summed E-state index contributed by atoms with van der Waals surface area (Å²) in [7, 11) is 0.